The fourth-order valence-corrected chi connectivity index (χ4v) is 3.08. The molecule has 0 atom stereocenters. The summed E-state index contributed by atoms with van der Waals surface area (Å²) in [5.41, 5.74) is 3.94. The normalized spacial score (nSPS) is 11.3. The number of hydrogen-bond acceptors (Lipinski definition) is 3. The van der Waals surface area contributed by atoms with E-state index in [1.165, 1.54) is 0 Å². The molecule has 7 nitrogen and oxygen atoms in total. The van der Waals surface area contributed by atoms with Gasteiger partial charge in [0.25, 0.3) is 0 Å². The largest absolute Gasteiger partial charge is 0.328 e. The Balaban J connectivity index is 1.59. The number of carbonyl (C=O) groups excluding carboxylic acids is 1. The van der Waals surface area contributed by atoms with Crippen LogP contribution in [-0.4, -0.2) is 24.6 Å². The monoisotopic (exact) mass is 335 g/mol. The second-order valence-corrected chi connectivity index (χ2v) is 6.01. The van der Waals surface area contributed by atoms with Gasteiger partial charge in [-0.15, -0.1) is 0 Å². The molecule has 4 aromatic rings. The molecule has 7 heteroatoms. The van der Waals surface area contributed by atoms with Crippen LogP contribution in [0.4, 0.5) is 5.69 Å². The van der Waals surface area contributed by atoms with Crippen molar-refractivity contribution in [3.8, 4) is 0 Å². The Morgan fingerprint density at radius 3 is 2.64 bits per heavy atom. The van der Waals surface area contributed by atoms with E-state index >= 15 is 0 Å². The van der Waals surface area contributed by atoms with Crippen molar-refractivity contribution >= 4 is 33.7 Å². The van der Waals surface area contributed by atoms with Gasteiger partial charge >= 0.3 is 5.69 Å². The molecule has 0 unspecified atom stereocenters. The number of imidazole rings is 2. The van der Waals surface area contributed by atoms with Crippen molar-refractivity contribution in [3.05, 3.63) is 59.3 Å². The van der Waals surface area contributed by atoms with Crippen LogP contribution in [-0.2, 0) is 25.4 Å². The Kier molecular flexibility index (Phi) is 3.42. The molecule has 2 heterocycles. The van der Waals surface area contributed by atoms with E-state index in [4.69, 9.17) is 0 Å². The lowest BCUT2D eigenvalue weighted by Gasteiger charge is -2.07. The summed E-state index contributed by atoms with van der Waals surface area (Å²) >= 11 is 0. The van der Waals surface area contributed by atoms with Gasteiger partial charge in [-0.3, -0.25) is 13.9 Å². The highest BCUT2D eigenvalue weighted by atomic mass is 16.2. The number of amides is 1. The molecule has 1 N–H and O–H groups in total. The summed E-state index contributed by atoms with van der Waals surface area (Å²) in [6.07, 6.45) is 1.66. The first kappa shape index (κ1) is 15.2. The number of fused-ring (bicyclic) bond motifs is 2. The quantitative estimate of drug-likeness (QED) is 0.621. The van der Waals surface area contributed by atoms with Crippen LogP contribution in [0.5, 0.6) is 0 Å². The van der Waals surface area contributed by atoms with Crippen LogP contribution < -0.4 is 11.0 Å². The van der Waals surface area contributed by atoms with Crippen molar-refractivity contribution in [2.24, 2.45) is 14.1 Å². The first-order valence-electron chi connectivity index (χ1n) is 7.90. The standard InChI is InChI=1S/C18H17N5O2/c1-21-15-8-7-12(9-16(15)22(2)18(21)25)20-17(24)10-23-11-19-13-5-3-4-6-14(13)23/h3-9,11H,10H2,1-2H3,(H,20,24). The molecule has 0 spiro atoms. The van der Waals surface area contributed by atoms with Crippen molar-refractivity contribution in [1.82, 2.24) is 18.7 Å². The molecule has 0 bridgehead atoms. The zero-order valence-electron chi connectivity index (χ0n) is 13.9. The van der Waals surface area contributed by atoms with E-state index in [-0.39, 0.29) is 18.1 Å². The molecule has 0 radical (unpaired) electrons. The van der Waals surface area contributed by atoms with Crippen LogP contribution >= 0.6 is 0 Å². The molecule has 0 saturated heterocycles. The predicted molar refractivity (Wildman–Crippen MR) is 96.5 cm³/mol. The van der Waals surface area contributed by atoms with Gasteiger partial charge in [-0.05, 0) is 30.3 Å². The topological polar surface area (TPSA) is 73.8 Å². The Bertz CT molecular complexity index is 1170. The third-order valence-electron chi connectivity index (χ3n) is 4.40. The lowest BCUT2D eigenvalue weighted by molar-refractivity contribution is -0.116. The van der Waals surface area contributed by atoms with Gasteiger partial charge in [-0.1, -0.05) is 12.1 Å². The van der Waals surface area contributed by atoms with Gasteiger partial charge in [0, 0.05) is 19.8 Å². The molecule has 126 valence electrons. The third-order valence-corrected chi connectivity index (χ3v) is 4.40. The van der Waals surface area contributed by atoms with Crippen LogP contribution in [0.2, 0.25) is 0 Å². The van der Waals surface area contributed by atoms with Crippen LogP contribution in [0.3, 0.4) is 0 Å². The number of hydrogen-bond donors (Lipinski definition) is 1. The number of aromatic nitrogens is 4. The Labute approximate surface area is 143 Å². The lowest BCUT2D eigenvalue weighted by Crippen LogP contribution is -2.19. The smallest absolute Gasteiger partial charge is 0.324 e. The minimum absolute atomic E-state index is 0.0941. The number of carbonyl (C=O) groups is 1. The maximum absolute atomic E-state index is 12.4. The molecule has 4 rings (SSSR count). The summed E-state index contributed by atoms with van der Waals surface area (Å²) < 4.78 is 4.95. The van der Waals surface area contributed by atoms with Crippen molar-refractivity contribution in [2.75, 3.05) is 5.32 Å². The number of aryl methyl sites for hydroxylation is 2. The van der Waals surface area contributed by atoms with E-state index in [0.29, 0.717) is 5.69 Å². The van der Waals surface area contributed by atoms with Crippen molar-refractivity contribution in [1.29, 1.82) is 0 Å². The minimum Gasteiger partial charge on any atom is -0.324 e. The second kappa shape index (κ2) is 5.62. The van der Waals surface area contributed by atoms with E-state index in [1.54, 1.807) is 41.7 Å². The molecule has 25 heavy (non-hydrogen) atoms. The number of para-hydroxylation sites is 2. The maximum Gasteiger partial charge on any atom is 0.328 e. The van der Waals surface area contributed by atoms with E-state index < -0.39 is 0 Å². The van der Waals surface area contributed by atoms with Crippen LogP contribution in [0.1, 0.15) is 0 Å². The summed E-state index contributed by atoms with van der Waals surface area (Å²) in [6.45, 7) is 0.173. The van der Waals surface area contributed by atoms with E-state index in [1.807, 2.05) is 34.9 Å². The first-order chi connectivity index (χ1) is 12.0. The van der Waals surface area contributed by atoms with Gasteiger partial charge in [-0.25, -0.2) is 9.78 Å². The zero-order chi connectivity index (χ0) is 17.6. The highest BCUT2D eigenvalue weighted by molar-refractivity contribution is 5.93. The number of nitrogens with zero attached hydrogens (tertiary/aromatic N) is 4. The third kappa shape index (κ3) is 2.50. The molecular weight excluding hydrogens is 318 g/mol. The Hall–Kier alpha value is -3.35. The summed E-state index contributed by atoms with van der Waals surface area (Å²) in [6, 6.07) is 13.1. The number of benzene rings is 2. The van der Waals surface area contributed by atoms with Crippen LogP contribution in [0.25, 0.3) is 22.1 Å². The Morgan fingerprint density at radius 1 is 1.04 bits per heavy atom. The molecule has 0 fully saturated rings. The van der Waals surface area contributed by atoms with Gasteiger partial charge in [0.15, 0.2) is 0 Å². The minimum atomic E-state index is -0.150. The van der Waals surface area contributed by atoms with Gasteiger partial charge in [-0.2, -0.15) is 0 Å². The first-order valence-corrected chi connectivity index (χ1v) is 7.90. The lowest BCUT2D eigenvalue weighted by atomic mass is 10.2. The Morgan fingerprint density at radius 2 is 1.80 bits per heavy atom. The molecule has 2 aromatic carbocycles. The molecule has 0 saturated carbocycles. The predicted octanol–water partition coefficient (Wildman–Crippen LogP) is 1.87. The van der Waals surface area contributed by atoms with Gasteiger partial charge in [0.2, 0.25) is 5.91 Å². The highest BCUT2D eigenvalue weighted by Crippen LogP contribution is 2.18. The van der Waals surface area contributed by atoms with Crippen molar-refractivity contribution in [3.63, 3.8) is 0 Å². The van der Waals surface area contributed by atoms with Crippen molar-refractivity contribution < 1.29 is 4.79 Å². The summed E-state index contributed by atoms with van der Waals surface area (Å²) in [5, 5.41) is 2.88. The van der Waals surface area contributed by atoms with Crippen LogP contribution in [0.15, 0.2) is 53.6 Å². The van der Waals surface area contributed by atoms with Gasteiger partial charge < -0.3 is 9.88 Å². The average Bonchev–Trinajstić information content (AvgIpc) is 3.11. The van der Waals surface area contributed by atoms with Crippen LogP contribution in [0, 0.1) is 0 Å². The molecule has 2 aromatic heterocycles. The van der Waals surface area contributed by atoms with E-state index in [9.17, 15) is 9.59 Å². The van der Waals surface area contributed by atoms with Gasteiger partial charge in [0.1, 0.15) is 6.54 Å². The van der Waals surface area contributed by atoms with Gasteiger partial charge in [0.05, 0.1) is 28.4 Å². The molecule has 0 aliphatic heterocycles. The fourth-order valence-electron chi connectivity index (χ4n) is 3.08. The molecule has 1 amide bonds. The molecular formula is C18H17N5O2. The summed E-state index contributed by atoms with van der Waals surface area (Å²) in [5.74, 6) is -0.150. The highest BCUT2D eigenvalue weighted by Gasteiger charge is 2.11. The maximum atomic E-state index is 12.4. The number of nitrogens with one attached hydrogen (secondary N) is 1. The van der Waals surface area contributed by atoms with Crippen molar-refractivity contribution in [2.45, 2.75) is 6.54 Å². The number of anilines is 1. The number of rotatable bonds is 3. The fraction of sp³-hybridized carbons (Fsp3) is 0.167. The SMILES string of the molecule is Cn1c(=O)n(C)c2cc(NC(=O)Cn3cnc4ccccc43)ccc21. The van der Waals surface area contributed by atoms with E-state index in [2.05, 4.69) is 10.3 Å². The summed E-state index contributed by atoms with van der Waals surface area (Å²) in [4.78, 5) is 28.7. The molecule has 0 aliphatic carbocycles. The summed E-state index contributed by atoms with van der Waals surface area (Å²) in [7, 11) is 3.45. The second-order valence-electron chi connectivity index (χ2n) is 6.01. The average molecular weight is 335 g/mol. The zero-order valence-corrected chi connectivity index (χ0v) is 13.9. The molecule has 0 aliphatic rings. The van der Waals surface area contributed by atoms with E-state index in [0.717, 1.165) is 22.1 Å².